The van der Waals surface area contributed by atoms with Crippen LogP contribution in [-0.2, 0) is 17.8 Å². The Kier molecular flexibility index (Phi) is 6.97. The zero-order valence-electron chi connectivity index (χ0n) is 18.2. The van der Waals surface area contributed by atoms with Gasteiger partial charge in [-0.1, -0.05) is 65.9 Å². The molecule has 0 bridgehead atoms. The number of hydrogen-bond acceptors (Lipinski definition) is 5. The van der Waals surface area contributed by atoms with E-state index in [0.717, 1.165) is 28.3 Å². The van der Waals surface area contributed by atoms with Gasteiger partial charge in [0.05, 0.1) is 23.7 Å². The molecule has 0 spiro atoms. The molecule has 4 rings (SSSR count). The molecule has 2 aromatic carbocycles. The highest BCUT2D eigenvalue weighted by molar-refractivity contribution is 7.99. The molecule has 0 saturated heterocycles. The number of thioether (sulfide) groups is 1. The molecule has 0 unspecified atom stereocenters. The summed E-state index contributed by atoms with van der Waals surface area (Å²) < 4.78 is 2.07. The van der Waals surface area contributed by atoms with E-state index in [1.54, 1.807) is 6.20 Å². The number of benzene rings is 2. The standard InChI is InChI=1S/C25H25N5OS/c1-18-11-12-22(19(2)14-18)30-23(15-20-8-4-3-5-9-20)28-29-25(30)32-17-24(31)27-16-21-10-6-7-13-26-21/h3-14H,15-17H2,1-2H3,(H,27,31). The van der Waals surface area contributed by atoms with Crippen molar-refractivity contribution >= 4 is 17.7 Å². The van der Waals surface area contributed by atoms with Crippen molar-refractivity contribution in [1.29, 1.82) is 0 Å². The molecule has 0 fully saturated rings. The number of rotatable bonds is 8. The van der Waals surface area contributed by atoms with E-state index < -0.39 is 0 Å². The first-order valence-electron chi connectivity index (χ1n) is 10.5. The highest BCUT2D eigenvalue weighted by Gasteiger charge is 2.17. The van der Waals surface area contributed by atoms with Gasteiger partial charge >= 0.3 is 0 Å². The smallest absolute Gasteiger partial charge is 0.230 e. The van der Waals surface area contributed by atoms with Crippen molar-refractivity contribution in [2.24, 2.45) is 0 Å². The normalized spacial score (nSPS) is 10.8. The van der Waals surface area contributed by atoms with Crippen LogP contribution in [0, 0.1) is 13.8 Å². The third kappa shape index (κ3) is 5.42. The Bertz CT molecular complexity index is 1190. The molecule has 2 aromatic heterocycles. The predicted molar refractivity (Wildman–Crippen MR) is 127 cm³/mol. The number of nitrogens with one attached hydrogen (secondary N) is 1. The molecule has 0 atom stereocenters. The molecule has 7 heteroatoms. The number of aromatic nitrogens is 4. The fourth-order valence-corrected chi connectivity index (χ4v) is 4.25. The van der Waals surface area contributed by atoms with Crippen LogP contribution in [0.15, 0.2) is 78.1 Å². The van der Waals surface area contributed by atoms with E-state index in [4.69, 9.17) is 0 Å². The molecular weight excluding hydrogens is 418 g/mol. The second-order valence-corrected chi connectivity index (χ2v) is 8.52. The minimum absolute atomic E-state index is 0.0690. The van der Waals surface area contributed by atoms with Crippen molar-refractivity contribution in [2.45, 2.75) is 32.0 Å². The summed E-state index contributed by atoms with van der Waals surface area (Å²) in [5.74, 6) is 1.03. The van der Waals surface area contributed by atoms with Gasteiger partial charge in [-0.15, -0.1) is 10.2 Å². The summed E-state index contributed by atoms with van der Waals surface area (Å²) in [4.78, 5) is 16.7. The first-order valence-corrected chi connectivity index (χ1v) is 11.4. The lowest BCUT2D eigenvalue weighted by atomic mass is 10.1. The molecule has 0 saturated carbocycles. The van der Waals surface area contributed by atoms with E-state index in [2.05, 4.69) is 69.2 Å². The van der Waals surface area contributed by atoms with Gasteiger partial charge < -0.3 is 5.32 Å². The lowest BCUT2D eigenvalue weighted by Crippen LogP contribution is -2.25. The Balaban J connectivity index is 1.54. The molecule has 1 amide bonds. The van der Waals surface area contributed by atoms with Crippen LogP contribution >= 0.6 is 11.8 Å². The number of pyridine rings is 1. The van der Waals surface area contributed by atoms with Gasteiger partial charge in [-0.3, -0.25) is 14.3 Å². The highest BCUT2D eigenvalue weighted by Crippen LogP contribution is 2.26. The van der Waals surface area contributed by atoms with Crippen molar-refractivity contribution in [3.05, 3.63) is 101 Å². The van der Waals surface area contributed by atoms with Crippen molar-refractivity contribution in [2.75, 3.05) is 5.75 Å². The zero-order chi connectivity index (χ0) is 22.3. The molecule has 0 aliphatic rings. The van der Waals surface area contributed by atoms with Crippen LogP contribution in [0.25, 0.3) is 5.69 Å². The van der Waals surface area contributed by atoms with E-state index in [1.807, 2.05) is 36.4 Å². The molecule has 4 aromatic rings. The Morgan fingerprint density at radius 3 is 2.56 bits per heavy atom. The monoisotopic (exact) mass is 443 g/mol. The Morgan fingerprint density at radius 1 is 1.00 bits per heavy atom. The van der Waals surface area contributed by atoms with Gasteiger partial charge in [-0.05, 0) is 43.2 Å². The third-order valence-electron chi connectivity index (χ3n) is 5.02. The van der Waals surface area contributed by atoms with Gasteiger partial charge in [0.2, 0.25) is 5.91 Å². The number of hydrogen-bond donors (Lipinski definition) is 1. The van der Waals surface area contributed by atoms with Crippen molar-refractivity contribution in [1.82, 2.24) is 25.1 Å². The average Bonchev–Trinajstić information content (AvgIpc) is 3.19. The maximum absolute atomic E-state index is 12.4. The zero-order valence-corrected chi connectivity index (χ0v) is 19.0. The van der Waals surface area contributed by atoms with Gasteiger partial charge in [0.1, 0.15) is 5.82 Å². The van der Waals surface area contributed by atoms with Crippen LogP contribution in [0.4, 0.5) is 0 Å². The van der Waals surface area contributed by atoms with Gasteiger partial charge in [-0.2, -0.15) is 0 Å². The molecule has 162 valence electrons. The summed E-state index contributed by atoms with van der Waals surface area (Å²) >= 11 is 1.39. The molecule has 32 heavy (non-hydrogen) atoms. The van der Waals surface area contributed by atoms with Gasteiger partial charge in [0, 0.05) is 12.6 Å². The largest absolute Gasteiger partial charge is 0.350 e. The summed E-state index contributed by atoms with van der Waals surface area (Å²) in [6.07, 6.45) is 2.38. The Morgan fingerprint density at radius 2 is 1.81 bits per heavy atom. The maximum atomic E-state index is 12.4. The third-order valence-corrected chi connectivity index (χ3v) is 5.95. The van der Waals surface area contributed by atoms with E-state index in [1.165, 1.54) is 17.3 Å². The average molecular weight is 444 g/mol. The topological polar surface area (TPSA) is 72.7 Å². The van der Waals surface area contributed by atoms with E-state index in [9.17, 15) is 4.79 Å². The Hall–Kier alpha value is -3.45. The number of nitrogens with zero attached hydrogens (tertiary/aromatic N) is 4. The first-order chi connectivity index (χ1) is 15.6. The summed E-state index contributed by atoms with van der Waals surface area (Å²) in [6.45, 7) is 4.57. The van der Waals surface area contributed by atoms with Crippen molar-refractivity contribution in [3.8, 4) is 5.69 Å². The summed E-state index contributed by atoms with van der Waals surface area (Å²) in [5.41, 5.74) is 5.36. The molecule has 6 nitrogen and oxygen atoms in total. The first kappa shape index (κ1) is 21.8. The van der Waals surface area contributed by atoms with Gasteiger partial charge in [0.25, 0.3) is 0 Å². The van der Waals surface area contributed by atoms with Crippen LogP contribution in [0.2, 0.25) is 0 Å². The van der Waals surface area contributed by atoms with Crippen LogP contribution in [0.3, 0.4) is 0 Å². The SMILES string of the molecule is Cc1ccc(-n2c(Cc3ccccc3)nnc2SCC(=O)NCc2ccccn2)c(C)c1. The minimum Gasteiger partial charge on any atom is -0.350 e. The molecule has 0 aliphatic heterocycles. The molecular formula is C25H25N5OS. The van der Waals surface area contributed by atoms with Crippen molar-refractivity contribution in [3.63, 3.8) is 0 Å². The van der Waals surface area contributed by atoms with Crippen LogP contribution in [-0.4, -0.2) is 31.4 Å². The second kappa shape index (κ2) is 10.2. The summed E-state index contributed by atoms with van der Waals surface area (Å²) in [7, 11) is 0. The highest BCUT2D eigenvalue weighted by atomic mass is 32.2. The Labute approximate surface area is 192 Å². The van der Waals surface area contributed by atoms with Crippen LogP contribution in [0.1, 0.15) is 28.2 Å². The van der Waals surface area contributed by atoms with Crippen molar-refractivity contribution < 1.29 is 4.79 Å². The van der Waals surface area contributed by atoms with E-state index >= 15 is 0 Å². The number of carbonyl (C=O) groups is 1. The predicted octanol–water partition coefficient (Wildman–Crippen LogP) is 4.28. The van der Waals surface area contributed by atoms with Gasteiger partial charge in [-0.25, -0.2) is 0 Å². The van der Waals surface area contributed by atoms with Crippen LogP contribution < -0.4 is 5.32 Å². The fraction of sp³-hybridized carbons (Fsp3) is 0.200. The molecule has 2 heterocycles. The van der Waals surface area contributed by atoms with Gasteiger partial charge in [0.15, 0.2) is 5.16 Å². The van der Waals surface area contributed by atoms with E-state index in [-0.39, 0.29) is 11.7 Å². The van der Waals surface area contributed by atoms with E-state index in [0.29, 0.717) is 18.1 Å². The fourth-order valence-electron chi connectivity index (χ4n) is 3.46. The minimum atomic E-state index is -0.0690. The number of carbonyl (C=O) groups excluding carboxylic acids is 1. The number of amides is 1. The van der Waals surface area contributed by atoms with Crippen LogP contribution in [0.5, 0.6) is 0 Å². The molecule has 0 aliphatic carbocycles. The lowest BCUT2D eigenvalue weighted by molar-refractivity contribution is -0.118. The lowest BCUT2D eigenvalue weighted by Gasteiger charge is -2.13. The summed E-state index contributed by atoms with van der Waals surface area (Å²) in [5, 5.41) is 12.5. The second-order valence-electron chi connectivity index (χ2n) is 7.57. The molecule has 1 N–H and O–H groups in total. The quantitative estimate of drug-likeness (QED) is 0.412. The summed E-state index contributed by atoms with van der Waals surface area (Å²) in [6, 6.07) is 22.2. The molecule has 0 radical (unpaired) electrons. The number of aryl methyl sites for hydroxylation is 2. The maximum Gasteiger partial charge on any atom is 0.230 e.